The molecule has 2 aliphatic rings. The lowest BCUT2D eigenvalue weighted by Gasteiger charge is -2.41. The number of hydrogen-bond acceptors (Lipinski definition) is 2. The largest absolute Gasteiger partial charge is 0.338 e. The molecule has 0 aromatic carbocycles. The Morgan fingerprint density at radius 2 is 1.83 bits per heavy atom. The van der Waals surface area contributed by atoms with Crippen molar-refractivity contribution in [1.29, 1.82) is 0 Å². The summed E-state index contributed by atoms with van der Waals surface area (Å²) in [7, 11) is 0. The highest BCUT2D eigenvalue weighted by Crippen LogP contribution is 2.31. The molecule has 0 aromatic rings. The quantitative estimate of drug-likeness (QED) is 0.821. The predicted molar refractivity (Wildman–Crippen MR) is 74.1 cm³/mol. The summed E-state index contributed by atoms with van der Waals surface area (Å²) in [4.78, 5) is 14.8. The van der Waals surface area contributed by atoms with Gasteiger partial charge >= 0.3 is 0 Å². The molecule has 1 amide bonds. The van der Waals surface area contributed by atoms with E-state index in [1.165, 1.54) is 19.3 Å². The monoisotopic (exact) mass is 252 g/mol. The Labute approximate surface area is 111 Å². The lowest BCUT2D eigenvalue weighted by molar-refractivity contribution is -0.141. The first-order valence-corrected chi connectivity index (χ1v) is 7.65. The third-order valence-corrected chi connectivity index (χ3v) is 4.80. The number of likely N-dealkylation sites (tertiary alicyclic amines) is 1. The summed E-state index contributed by atoms with van der Waals surface area (Å²) in [6.45, 7) is 5.27. The summed E-state index contributed by atoms with van der Waals surface area (Å²) in [6, 6.07) is 0.391. The van der Waals surface area contributed by atoms with Crippen molar-refractivity contribution in [2.75, 3.05) is 6.54 Å². The zero-order valence-electron chi connectivity index (χ0n) is 11.9. The molecule has 2 fully saturated rings. The van der Waals surface area contributed by atoms with Gasteiger partial charge in [-0.1, -0.05) is 6.92 Å². The Morgan fingerprint density at radius 3 is 2.44 bits per heavy atom. The maximum atomic E-state index is 12.6. The van der Waals surface area contributed by atoms with Gasteiger partial charge in [0.25, 0.3) is 0 Å². The van der Waals surface area contributed by atoms with E-state index in [2.05, 4.69) is 11.8 Å². The van der Waals surface area contributed by atoms with Gasteiger partial charge in [-0.2, -0.15) is 0 Å². The molecule has 104 valence electrons. The van der Waals surface area contributed by atoms with E-state index in [0.717, 1.165) is 38.1 Å². The summed E-state index contributed by atoms with van der Waals surface area (Å²) in [6.07, 6.45) is 8.06. The van der Waals surface area contributed by atoms with Crippen molar-refractivity contribution >= 4 is 5.91 Å². The SMILES string of the molecule is CC1CCC(C(=O)N2CCCCC2C(C)N)CC1. The second-order valence-electron chi connectivity index (χ2n) is 6.41. The molecule has 1 aliphatic heterocycles. The zero-order valence-corrected chi connectivity index (χ0v) is 11.9. The van der Waals surface area contributed by atoms with Crippen LogP contribution in [-0.4, -0.2) is 29.4 Å². The molecule has 2 N–H and O–H groups in total. The third kappa shape index (κ3) is 3.05. The summed E-state index contributed by atoms with van der Waals surface area (Å²) in [5.41, 5.74) is 6.05. The van der Waals surface area contributed by atoms with E-state index in [9.17, 15) is 4.79 Å². The topological polar surface area (TPSA) is 46.3 Å². The number of amides is 1. The van der Waals surface area contributed by atoms with Crippen molar-refractivity contribution in [2.24, 2.45) is 17.6 Å². The van der Waals surface area contributed by atoms with Crippen LogP contribution in [0.3, 0.4) is 0 Å². The molecule has 2 atom stereocenters. The zero-order chi connectivity index (χ0) is 13.1. The molecule has 1 aliphatic carbocycles. The van der Waals surface area contributed by atoms with E-state index in [4.69, 9.17) is 5.73 Å². The highest BCUT2D eigenvalue weighted by atomic mass is 16.2. The molecule has 2 unspecified atom stereocenters. The van der Waals surface area contributed by atoms with E-state index >= 15 is 0 Å². The molecule has 0 aromatic heterocycles. The number of nitrogens with zero attached hydrogens (tertiary/aromatic N) is 1. The maximum Gasteiger partial charge on any atom is 0.225 e. The van der Waals surface area contributed by atoms with Crippen LogP contribution >= 0.6 is 0 Å². The van der Waals surface area contributed by atoms with Crippen LogP contribution in [0.4, 0.5) is 0 Å². The highest BCUT2D eigenvalue weighted by Gasteiger charge is 2.34. The van der Waals surface area contributed by atoms with Gasteiger partial charge in [0.15, 0.2) is 0 Å². The maximum absolute atomic E-state index is 12.6. The smallest absolute Gasteiger partial charge is 0.225 e. The fraction of sp³-hybridized carbons (Fsp3) is 0.933. The summed E-state index contributed by atoms with van der Waals surface area (Å²) in [5, 5.41) is 0. The lowest BCUT2D eigenvalue weighted by Crippen LogP contribution is -2.53. The van der Waals surface area contributed by atoms with Gasteiger partial charge < -0.3 is 10.6 Å². The molecule has 0 spiro atoms. The Balaban J connectivity index is 1.97. The third-order valence-electron chi connectivity index (χ3n) is 4.80. The fourth-order valence-corrected chi connectivity index (χ4v) is 3.52. The van der Waals surface area contributed by atoms with Crippen LogP contribution in [0.2, 0.25) is 0 Å². The minimum absolute atomic E-state index is 0.108. The van der Waals surface area contributed by atoms with Crippen LogP contribution in [0, 0.1) is 11.8 Å². The molecular formula is C15H28N2O. The number of nitrogens with two attached hydrogens (primary N) is 1. The van der Waals surface area contributed by atoms with Gasteiger partial charge in [0.1, 0.15) is 0 Å². The number of carbonyl (C=O) groups is 1. The first-order valence-electron chi connectivity index (χ1n) is 7.65. The number of carbonyl (C=O) groups excluding carboxylic acids is 1. The molecule has 0 bridgehead atoms. The van der Waals surface area contributed by atoms with Gasteiger partial charge in [-0.05, 0) is 57.8 Å². The Hall–Kier alpha value is -0.570. The van der Waals surface area contributed by atoms with Crippen molar-refractivity contribution in [1.82, 2.24) is 4.90 Å². The minimum atomic E-state index is 0.108. The van der Waals surface area contributed by atoms with Crippen LogP contribution in [0.15, 0.2) is 0 Å². The van der Waals surface area contributed by atoms with Crippen molar-refractivity contribution in [2.45, 2.75) is 70.9 Å². The first-order chi connectivity index (χ1) is 8.59. The summed E-state index contributed by atoms with van der Waals surface area (Å²) >= 11 is 0. The van der Waals surface area contributed by atoms with Gasteiger partial charge in [-0.3, -0.25) is 4.79 Å². The lowest BCUT2D eigenvalue weighted by atomic mass is 9.81. The van der Waals surface area contributed by atoms with Gasteiger partial charge in [-0.25, -0.2) is 0 Å². The molecule has 1 saturated carbocycles. The highest BCUT2D eigenvalue weighted by molar-refractivity contribution is 5.79. The van der Waals surface area contributed by atoms with E-state index in [0.29, 0.717) is 5.91 Å². The minimum Gasteiger partial charge on any atom is -0.338 e. The molecule has 3 heteroatoms. The number of rotatable bonds is 2. The molecule has 1 heterocycles. The van der Waals surface area contributed by atoms with E-state index in [1.54, 1.807) is 0 Å². The van der Waals surface area contributed by atoms with Crippen LogP contribution in [0.1, 0.15) is 58.8 Å². The summed E-state index contributed by atoms with van der Waals surface area (Å²) in [5.74, 6) is 1.48. The Morgan fingerprint density at radius 1 is 1.17 bits per heavy atom. The van der Waals surface area contributed by atoms with Crippen molar-refractivity contribution in [3.05, 3.63) is 0 Å². The Kier molecular flexibility index (Phi) is 4.66. The van der Waals surface area contributed by atoms with Crippen LogP contribution in [0.5, 0.6) is 0 Å². The molecule has 1 saturated heterocycles. The van der Waals surface area contributed by atoms with Gasteiger partial charge in [0.05, 0.1) is 0 Å². The van der Waals surface area contributed by atoms with Gasteiger partial charge in [-0.15, -0.1) is 0 Å². The fourth-order valence-electron chi connectivity index (χ4n) is 3.52. The molecule has 18 heavy (non-hydrogen) atoms. The predicted octanol–water partition coefficient (Wildman–Crippen LogP) is 2.54. The van der Waals surface area contributed by atoms with E-state index < -0.39 is 0 Å². The van der Waals surface area contributed by atoms with Crippen LogP contribution in [0.25, 0.3) is 0 Å². The Bertz CT molecular complexity index is 282. The van der Waals surface area contributed by atoms with E-state index in [-0.39, 0.29) is 18.0 Å². The number of hydrogen-bond donors (Lipinski definition) is 1. The van der Waals surface area contributed by atoms with Crippen LogP contribution < -0.4 is 5.73 Å². The average molecular weight is 252 g/mol. The second kappa shape index (κ2) is 6.05. The second-order valence-corrected chi connectivity index (χ2v) is 6.41. The van der Waals surface area contributed by atoms with Crippen LogP contribution in [-0.2, 0) is 4.79 Å². The van der Waals surface area contributed by atoms with Gasteiger partial charge in [0, 0.05) is 24.5 Å². The standard InChI is InChI=1S/C15H28N2O/c1-11-6-8-13(9-7-11)15(18)17-10-4-3-5-14(17)12(2)16/h11-14H,3-10,16H2,1-2H3. The summed E-state index contributed by atoms with van der Waals surface area (Å²) < 4.78 is 0. The average Bonchev–Trinajstić information content (AvgIpc) is 2.39. The first kappa shape index (κ1) is 13.9. The van der Waals surface area contributed by atoms with E-state index in [1.807, 2.05) is 6.92 Å². The molecular weight excluding hydrogens is 224 g/mol. The van der Waals surface area contributed by atoms with Crippen molar-refractivity contribution < 1.29 is 4.79 Å². The van der Waals surface area contributed by atoms with Crippen molar-refractivity contribution in [3.8, 4) is 0 Å². The van der Waals surface area contributed by atoms with Crippen molar-refractivity contribution in [3.63, 3.8) is 0 Å². The molecule has 0 radical (unpaired) electrons. The van der Waals surface area contributed by atoms with Gasteiger partial charge in [0.2, 0.25) is 5.91 Å². The normalized spacial score (nSPS) is 35.3. The number of piperidine rings is 1. The molecule has 2 rings (SSSR count). The molecule has 3 nitrogen and oxygen atoms in total.